The molecule has 1 fully saturated rings. The van der Waals surface area contributed by atoms with Gasteiger partial charge < -0.3 is 10.2 Å². The van der Waals surface area contributed by atoms with Gasteiger partial charge in [-0.3, -0.25) is 14.8 Å². The molecule has 3 heterocycles. The number of amides is 1. The summed E-state index contributed by atoms with van der Waals surface area (Å²) in [6.07, 6.45) is 6.52. The molecule has 0 bridgehead atoms. The first-order valence-electron chi connectivity index (χ1n) is 10.7. The quantitative estimate of drug-likeness (QED) is 0.852. The van der Waals surface area contributed by atoms with E-state index in [0.29, 0.717) is 18.2 Å². The highest BCUT2D eigenvalue weighted by atomic mass is 16.2. The van der Waals surface area contributed by atoms with Crippen LogP contribution in [0.5, 0.6) is 0 Å². The molecule has 0 atom stereocenters. The van der Waals surface area contributed by atoms with Gasteiger partial charge in [0.05, 0.1) is 0 Å². The highest BCUT2D eigenvalue weighted by Gasteiger charge is 2.26. The molecule has 1 amide bonds. The Kier molecular flexibility index (Phi) is 6.05. The molecular weight excluding hydrogens is 360 g/mol. The van der Waals surface area contributed by atoms with E-state index in [9.17, 15) is 4.79 Å². The number of rotatable bonds is 5. The smallest absolute Gasteiger partial charge is 0.270 e. The Bertz CT molecular complexity index is 883. The van der Waals surface area contributed by atoms with Gasteiger partial charge in [0.1, 0.15) is 5.71 Å². The zero-order valence-electron chi connectivity index (χ0n) is 17.4. The molecular formula is C24H30N4O. The lowest BCUT2D eigenvalue weighted by Gasteiger charge is -2.33. The van der Waals surface area contributed by atoms with Gasteiger partial charge in [-0.1, -0.05) is 32.0 Å². The van der Waals surface area contributed by atoms with Crippen molar-refractivity contribution < 1.29 is 4.79 Å². The first-order valence-corrected chi connectivity index (χ1v) is 10.7. The molecule has 5 nitrogen and oxygen atoms in total. The monoisotopic (exact) mass is 390 g/mol. The van der Waals surface area contributed by atoms with E-state index in [1.54, 1.807) is 6.20 Å². The predicted octanol–water partition coefficient (Wildman–Crippen LogP) is 3.33. The van der Waals surface area contributed by atoms with E-state index in [0.717, 1.165) is 55.6 Å². The van der Waals surface area contributed by atoms with Crippen LogP contribution in [0.25, 0.3) is 11.1 Å². The Labute approximate surface area is 173 Å². The van der Waals surface area contributed by atoms with E-state index >= 15 is 0 Å². The minimum absolute atomic E-state index is 0.0309. The number of aromatic nitrogens is 1. The third-order valence-electron chi connectivity index (χ3n) is 5.77. The molecule has 152 valence electrons. The van der Waals surface area contributed by atoms with Crippen molar-refractivity contribution in [1.82, 2.24) is 15.2 Å². The Hall–Kier alpha value is -2.53. The van der Waals surface area contributed by atoms with Crippen LogP contribution in [0.15, 0.2) is 47.7 Å². The van der Waals surface area contributed by atoms with Crippen LogP contribution < -0.4 is 5.32 Å². The molecule has 29 heavy (non-hydrogen) atoms. The van der Waals surface area contributed by atoms with Crippen LogP contribution >= 0.6 is 0 Å². The molecule has 0 aliphatic carbocycles. The number of aliphatic imine (C=N–C) groups is 1. The van der Waals surface area contributed by atoms with Gasteiger partial charge in [0.25, 0.3) is 5.91 Å². The van der Waals surface area contributed by atoms with Gasteiger partial charge in [-0.25, -0.2) is 0 Å². The molecule has 0 radical (unpaired) electrons. The van der Waals surface area contributed by atoms with Gasteiger partial charge in [0.2, 0.25) is 0 Å². The lowest BCUT2D eigenvalue weighted by Crippen LogP contribution is -2.47. The van der Waals surface area contributed by atoms with Crippen LogP contribution in [0.4, 0.5) is 0 Å². The fourth-order valence-electron chi connectivity index (χ4n) is 4.33. The van der Waals surface area contributed by atoms with Crippen LogP contribution in [0, 0.1) is 5.92 Å². The second kappa shape index (κ2) is 8.87. The highest BCUT2D eigenvalue weighted by molar-refractivity contribution is 6.46. The number of nitrogens with zero attached hydrogens (tertiary/aromatic N) is 3. The SMILES string of the molecule is CC(C)CN1CCC(NC(=O)C2=NCCc3ccc(-c4cccnc4)cc32)CC1. The van der Waals surface area contributed by atoms with Crippen LogP contribution in [0.3, 0.4) is 0 Å². The van der Waals surface area contributed by atoms with Gasteiger partial charge in [-0.15, -0.1) is 0 Å². The number of likely N-dealkylation sites (tertiary alicyclic amines) is 1. The summed E-state index contributed by atoms with van der Waals surface area (Å²) in [5, 5.41) is 3.25. The Morgan fingerprint density at radius 1 is 1.21 bits per heavy atom. The Balaban J connectivity index is 1.46. The van der Waals surface area contributed by atoms with Crippen molar-refractivity contribution in [1.29, 1.82) is 0 Å². The van der Waals surface area contributed by atoms with E-state index in [1.807, 2.05) is 18.3 Å². The topological polar surface area (TPSA) is 57.6 Å². The molecule has 0 saturated carbocycles. The van der Waals surface area contributed by atoms with Crippen molar-refractivity contribution in [2.24, 2.45) is 10.9 Å². The summed E-state index contributed by atoms with van der Waals surface area (Å²) in [6.45, 7) is 8.43. The third-order valence-corrected chi connectivity index (χ3v) is 5.77. The Morgan fingerprint density at radius 3 is 2.76 bits per heavy atom. The molecule has 5 heteroatoms. The average molecular weight is 391 g/mol. The molecule has 1 aromatic carbocycles. The number of nitrogens with one attached hydrogen (secondary N) is 1. The van der Waals surface area contributed by atoms with Crippen molar-refractivity contribution >= 4 is 11.6 Å². The summed E-state index contributed by atoms with van der Waals surface area (Å²) in [5.74, 6) is 0.653. The van der Waals surface area contributed by atoms with Gasteiger partial charge in [0, 0.05) is 55.7 Å². The average Bonchev–Trinajstić information content (AvgIpc) is 2.74. The summed E-state index contributed by atoms with van der Waals surface area (Å²) < 4.78 is 0. The molecule has 1 aromatic heterocycles. The zero-order valence-corrected chi connectivity index (χ0v) is 17.4. The lowest BCUT2D eigenvalue weighted by molar-refractivity contribution is -0.115. The summed E-state index contributed by atoms with van der Waals surface area (Å²) in [4.78, 5) is 24.4. The maximum absolute atomic E-state index is 13.1. The van der Waals surface area contributed by atoms with Gasteiger partial charge in [-0.05, 0) is 48.4 Å². The van der Waals surface area contributed by atoms with Crippen LogP contribution in [-0.4, -0.2) is 53.7 Å². The fourth-order valence-corrected chi connectivity index (χ4v) is 4.33. The second-order valence-electron chi connectivity index (χ2n) is 8.54. The first kappa shape index (κ1) is 19.8. The van der Waals surface area contributed by atoms with Crippen LogP contribution in [0.1, 0.15) is 37.8 Å². The minimum Gasteiger partial charge on any atom is -0.348 e. The van der Waals surface area contributed by atoms with Crippen molar-refractivity contribution in [2.45, 2.75) is 39.2 Å². The van der Waals surface area contributed by atoms with Crippen LogP contribution in [0.2, 0.25) is 0 Å². The van der Waals surface area contributed by atoms with Crippen LogP contribution in [-0.2, 0) is 11.2 Å². The number of hydrogen-bond acceptors (Lipinski definition) is 4. The molecule has 0 unspecified atom stereocenters. The molecule has 2 aromatic rings. The minimum atomic E-state index is -0.0309. The van der Waals surface area contributed by atoms with Crippen molar-refractivity contribution in [3.63, 3.8) is 0 Å². The maximum atomic E-state index is 13.1. The number of carbonyl (C=O) groups is 1. The van der Waals surface area contributed by atoms with E-state index in [2.05, 4.69) is 52.2 Å². The number of fused-ring (bicyclic) bond motifs is 1. The zero-order chi connectivity index (χ0) is 20.2. The van der Waals surface area contributed by atoms with E-state index < -0.39 is 0 Å². The lowest BCUT2D eigenvalue weighted by atomic mass is 9.93. The predicted molar refractivity (Wildman–Crippen MR) is 117 cm³/mol. The molecule has 1 N–H and O–H groups in total. The van der Waals surface area contributed by atoms with Crippen molar-refractivity contribution in [3.8, 4) is 11.1 Å². The molecule has 2 aliphatic heterocycles. The van der Waals surface area contributed by atoms with Gasteiger partial charge >= 0.3 is 0 Å². The molecule has 1 saturated heterocycles. The fraction of sp³-hybridized carbons (Fsp3) is 0.458. The van der Waals surface area contributed by atoms with Gasteiger partial charge in [0.15, 0.2) is 0 Å². The third kappa shape index (κ3) is 4.73. The summed E-state index contributed by atoms with van der Waals surface area (Å²) >= 11 is 0. The molecule has 2 aliphatic rings. The summed E-state index contributed by atoms with van der Waals surface area (Å²) in [6, 6.07) is 10.5. The first-order chi connectivity index (χ1) is 14.1. The van der Waals surface area contributed by atoms with E-state index in [1.165, 1.54) is 5.56 Å². The number of carbonyl (C=O) groups excluding carboxylic acids is 1. The summed E-state index contributed by atoms with van der Waals surface area (Å²) in [7, 11) is 0. The largest absolute Gasteiger partial charge is 0.348 e. The van der Waals surface area contributed by atoms with Crippen molar-refractivity contribution in [2.75, 3.05) is 26.2 Å². The Morgan fingerprint density at radius 2 is 2.03 bits per heavy atom. The number of piperidine rings is 1. The normalized spacial score (nSPS) is 17.7. The van der Waals surface area contributed by atoms with Gasteiger partial charge in [-0.2, -0.15) is 0 Å². The van der Waals surface area contributed by atoms with E-state index in [-0.39, 0.29) is 11.9 Å². The number of pyridine rings is 1. The number of benzene rings is 1. The molecule has 4 rings (SSSR count). The van der Waals surface area contributed by atoms with Crippen molar-refractivity contribution in [3.05, 3.63) is 53.9 Å². The molecule has 0 spiro atoms. The summed E-state index contributed by atoms with van der Waals surface area (Å²) in [5.41, 5.74) is 4.87. The maximum Gasteiger partial charge on any atom is 0.270 e. The second-order valence-corrected chi connectivity index (χ2v) is 8.54. The number of hydrogen-bond donors (Lipinski definition) is 1. The van der Waals surface area contributed by atoms with E-state index in [4.69, 9.17) is 0 Å². The highest BCUT2D eigenvalue weighted by Crippen LogP contribution is 2.25. The standard InChI is InChI=1S/C24H30N4O/c1-17(2)16-28-12-8-21(9-13-28)27-24(29)23-22-14-19(20-4-3-10-25-15-20)6-5-18(22)7-11-26-23/h3-6,10,14-15,17,21H,7-9,11-13,16H2,1-2H3,(H,27,29).